The standard InChI is InChI=1S/C43H57N5O10/c1-6-10-29(39(52)36(51)23-30(43(56)57)21-28-11-8-7-9-12-28)22-35(50)38-31(41(54)47-17-19-58-20-18-47)13-16-48(38)42(55)32(26(2)3)24-34(49)37(27(4)5)46-40(53)33-25-44-14-15-45-33/h7-9,11-12,14-15,25-27,29-32,37-38H,6,10,13,16-24H2,1-5H3,(H,46,53)(H,56,57)/t29?,30-,31+,32+,37+,38+/m1/s1. The number of hydrogen-bond acceptors (Lipinski definition) is 11. The number of benzene rings is 1. The second-order valence-electron chi connectivity index (χ2n) is 16.0. The summed E-state index contributed by atoms with van der Waals surface area (Å²) in [6.07, 6.45) is 3.66. The summed E-state index contributed by atoms with van der Waals surface area (Å²) in [5, 5.41) is 12.6. The zero-order chi connectivity index (χ0) is 42.5. The zero-order valence-electron chi connectivity index (χ0n) is 34.1. The Hall–Kier alpha value is -5.18. The molecule has 2 aliphatic rings. The number of nitrogens with one attached hydrogen (secondary N) is 1. The van der Waals surface area contributed by atoms with E-state index >= 15 is 0 Å². The first kappa shape index (κ1) is 45.5. The Morgan fingerprint density at radius 3 is 2.16 bits per heavy atom. The summed E-state index contributed by atoms with van der Waals surface area (Å²) in [5.41, 5.74) is 0.729. The molecule has 1 unspecified atom stereocenters. The van der Waals surface area contributed by atoms with Crippen molar-refractivity contribution in [3.05, 3.63) is 60.2 Å². The van der Waals surface area contributed by atoms with Gasteiger partial charge in [0.25, 0.3) is 5.91 Å². The predicted octanol–water partition coefficient (Wildman–Crippen LogP) is 3.39. The lowest BCUT2D eigenvalue weighted by Gasteiger charge is -2.35. The van der Waals surface area contributed by atoms with E-state index in [1.54, 1.807) is 69.9 Å². The van der Waals surface area contributed by atoms with Crippen LogP contribution in [-0.2, 0) is 44.7 Å². The van der Waals surface area contributed by atoms with Gasteiger partial charge < -0.3 is 25.0 Å². The first-order chi connectivity index (χ1) is 27.6. The third-order valence-corrected chi connectivity index (χ3v) is 11.1. The summed E-state index contributed by atoms with van der Waals surface area (Å²) >= 11 is 0. The molecule has 2 fully saturated rings. The van der Waals surface area contributed by atoms with E-state index in [9.17, 15) is 43.5 Å². The van der Waals surface area contributed by atoms with Crippen molar-refractivity contribution < 1.29 is 48.2 Å². The van der Waals surface area contributed by atoms with Crippen LogP contribution in [0.25, 0.3) is 0 Å². The summed E-state index contributed by atoms with van der Waals surface area (Å²) in [6, 6.07) is 6.56. The number of aliphatic carboxylic acids is 1. The van der Waals surface area contributed by atoms with Gasteiger partial charge in [0, 0.05) is 63.1 Å². The molecule has 3 amide bonds. The molecule has 0 radical (unpaired) electrons. The largest absolute Gasteiger partial charge is 0.481 e. The Balaban J connectivity index is 1.58. The average molecular weight is 804 g/mol. The highest BCUT2D eigenvalue weighted by atomic mass is 16.5. The van der Waals surface area contributed by atoms with Crippen LogP contribution in [-0.4, -0.2) is 117 Å². The monoisotopic (exact) mass is 803 g/mol. The highest BCUT2D eigenvalue weighted by Gasteiger charge is 2.49. The average Bonchev–Trinajstić information content (AvgIpc) is 3.67. The van der Waals surface area contributed by atoms with Crippen LogP contribution < -0.4 is 5.32 Å². The lowest BCUT2D eigenvalue weighted by atomic mass is 9.82. The van der Waals surface area contributed by atoms with Gasteiger partial charge in [-0.25, -0.2) is 4.98 Å². The Labute approximate surface area is 339 Å². The molecule has 0 bridgehead atoms. The minimum Gasteiger partial charge on any atom is -0.481 e. The van der Waals surface area contributed by atoms with E-state index in [0.717, 1.165) is 0 Å². The number of amides is 3. The number of hydrogen-bond donors (Lipinski definition) is 2. The molecule has 2 aromatic rings. The molecule has 3 heterocycles. The predicted molar refractivity (Wildman–Crippen MR) is 211 cm³/mol. The maximum Gasteiger partial charge on any atom is 0.307 e. The van der Waals surface area contributed by atoms with Gasteiger partial charge in [-0.1, -0.05) is 71.4 Å². The number of carboxylic acids is 1. The van der Waals surface area contributed by atoms with Crippen molar-refractivity contribution in [2.24, 2.45) is 35.5 Å². The summed E-state index contributed by atoms with van der Waals surface area (Å²) in [7, 11) is 0. The van der Waals surface area contributed by atoms with Crippen molar-refractivity contribution >= 4 is 46.8 Å². The quantitative estimate of drug-likeness (QED) is 0.174. The fourth-order valence-corrected chi connectivity index (χ4v) is 7.87. The smallest absolute Gasteiger partial charge is 0.307 e. The number of aromatic nitrogens is 2. The number of ether oxygens (including phenoxy) is 1. The number of nitrogens with zero attached hydrogens (tertiary/aromatic N) is 4. The van der Waals surface area contributed by atoms with E-state index in [2.05, 4.69) is 15.3 Å². The van der Waals surface area contributed by atoms with Crippen molar-refractivity contribution in [1.82, 2.24) is 25.1 Å². The van der Waals surface area contributed by atoms with Crippen LogP contribution in [0.4, 0.5) is 0 Å². The van der Waals surface area contributed by atoms with Gasteiger partial charge in [0.15, 0.2) is 17.3 Å². The van der Waals surface area contributed by atoms with Crippen molar-refractivity contribution in [3.63, 3.8) is 0 Å². The number of carboxylic acid groups (broad SMARTS) is 1. The molecular weight excluding hydrogens is 746 g/mol. The lowest BCUT2D eigenvalue weighted by Crippen LogP contribution is -2.53. The Kier molecular flexibility index (Phi) is 16.9. The van der Waals surface area contributed by atoms with Crippen molar-refractivity contribution in [2.45, 2.75) is 91.6 Å². The van der Waals surface area contributed by atoms with Crippen molar-refractivity contribution in [3.8, 4) is 0 Å². The minimum atomic E-state index is -1.26. The molecule has 1 aromatic heterocycles. The molecule has 0 saturated carbocycles. The SMILES string of the molecule is CCCC(CC(=O)[C@@H]1[C@@H](C(=O)N2CCOCC2)CCN1C(=O)[C@@H](CC(=O)[C@@H](NC(=O)c1cnccn1)C(C)C)C(C)C)C(=O)C(=O)C[C@@H](Cc1ccccc1)C(=O)O. The molecule has 0 aliphatic carbocycles. The minimum absolute atomic E-state index is 0.0299. The van der Waals surface area contributed by atoms with Gasteiger partial charge in [-0.2, -0.15) is 0 Å². The molecular formula is C43H57N5O10. The van der Waals surface area contributed by atoms with Crippen molar-refractivity contribution in [2.75, 3.05) is 32.8 Å². The van der Waals surface area contributed by atoms with Crippen LogP contribution in [0.15, 0.2) is 48.9 Å². The molecule has 2 aliphatic heterocycles. The highest BCUT2D eigenvalue weighted by Crippen LogP contribution is 2.34. The molecule has 1 aromatic carbocycles. The maximum absolute atomic E-state index is 14.6. The first-order valence-electron chi connectivity index (χ1n) is 20.3. The van der Waals surface area contributed by atoms with E-state index in [1.165, 1.54) is 23.5 Å². The van der Waals surface area contributed by atoms with Crippen LogP contribution in [0.2, 0.25) is 0 Å². The summed E-state index contributed by atoms with van der Waals surface area (Å²) in [4.78, 5) is 120. The number of ketones is 4. The second-order valence-corrected chi connectivity index (χ2v) is 16.0. The van der Waals surface area contributed by atoms with Crippen LogP contribution in [0.3, 0.4) is 0 Å². The van der Waals surface area contributed by atoms with E-state index in [-0.39, 0.29) is 61.4 Å². The lowest BCUT2D eigenvalue weighted by molar-refractivity contribution is -0.149. The zero-order valence-corrected chi connectivity index (χ0v) is 34.1. The second kappa shape index (κ2) is 21.5. The van der Waals surface area contributed by atoms with Crippen LogP contribution in [0.5, 0.6) is 0 Å². The van der Waals surface area contributed by atoms with Crippen LogP contribution in [0.1, 0.15) is 89.2 Å². The topological polar surface area (TPSA) is 210 Å². The molecule has 314 valence electrons. The van der Waals surface area contributed by atoms with E-state index in [4.69, 9.17) is 4.74 Å². The fourth-order valence-electron chi connectivity index (χ4n) is 7.87. The molecule has 2 saturated heterocycles. The summed E-state index contributed by atoms with van der Waals surface area (Å²) < 4.78 is 5.43. The number of rotatable bonds is 21. The molecule has 6 atom stereocenters. The third kappa shape index (κ3) is 11.9. The fraction of sp³-hybridized carbons (Fsp3) is 0.581. The normalized spacial score (nSPS) is 18.9. The third-order valence-electron chi connectivity index (χ3n) is 11.1. The van der Waals surface area contributed by atoms with Gasteiger partial charge in [0.1, 0.15) is 11.7 Å². The van der Waals surface area contributed by atoms with Gasteiger partial charge in [-0.05, 0) is 36.7 Å². The number of carbonyl (C=O) groups is 8. The van der Waals surface area contributed by atoms with Crippen molar-refractivity contribution in [1.29, 1.82) is 0 Å². The molecule has 15 nitrogen and oxygen atoms in total. The molecule has 58 heavy (non-hydrogen) atoms. The number of Topliss-reactive ketones (excluding diaryl/α,β-unsaturated/α-hetero) is 4. The summed E-state index contributed by atoms with van der Waals surface area (Å²) in [6.45, 7) is 10.2. The van der Waals surface area contributed by atoms with Gasteiger partial charge in [0.05, 0.1) is 37.3 Å². The number of likely N-dealkylation sites (tertiary alicyclic amines) is 1. The van der Waals surface area contributed by atoms with Gasteiger partial charge in [-0.15, -0.1) is 0 Å². The molecule has 2 N–H and O–H groups in total. The van der Waals surface area contributed by atoms with E-state index in [0.29, 0.717) is 38.3 Å². The van der Waals surface area contributed by atoms with E-state index in [1.807, 2.05) is 0 Å². The highest BCUT2D eigenvalue weighted by molar-refractivity contribution is 6.38. The number of morpholine rings is 1. The maximum atomic E-state index is 14.6. The van der Waals surface area contributed by atoms with Gasteiger partial charge in [-0.3, -0.25) is 43.3 Å². The first-order valence-corrected chi connectivity index (χ1v) is 20.3. The molecule has 4 rings (SSSR count). The molecule has 15 heteroatoms. The van der Waals surface area contributed by atoms with Gasteiger partial charge >= 0.3 is 5.97 Å². The number of carbonyl (C=O) groups excluding carboxylic acids is 7. The van der Waals surface area contributed by atoms with E-state index < -0.39 is 83.7 Å². The Bertz CT molecular complexity index is 1780. The Morgan fingerprint density at radius 2 is 1.57 bits per heavy atom. The summed E-state index contributed by atoms with van der Waals surface area (Å²) in [5.74, 6) is -10.1. The van der Waals surface area contributed by atoms with Crippen LogP contribution >= 0.6 is 0 Å². The van der Waals surface area contributed by atoms with Gasteiger partial charge in [0.2, 0.25) is 17.6 Å². The Morgan fingerprint density at radius 1 is 0.879 bits per heavy atom. The molecule has 0 spiro atoms. The van der Waals surface area contributed by atoms with Crippen LogP contribution in [0, 0.1) is 35.5 Å².